The maximum Gasteiger partial charge on any atom is 0.322 e. The van der Waals surface area contributed by atoms with Crippen molar-refractivity contribution < 1.29 is 38.1 Å². The molecule has 0 spiro atoms. The molecule has 268 valence electrons. The van der Waals surface area contributed by atoms with Crippen LogP contribution in [0.2, 0.25) is 0 Å². The van der Waals surface area contributed by atoms with Gasteiger partial charge in [-0.1, -0.05) is 56.7 Å². The van der Waals surface area contributed by atoms with Gasteiger partial charge in [0.1, 0.15) is 26.9 Å². The van der Waals surface area contributed by atoms with Crippen LogP contribution in [0.3, 0.4) is 0 Å². The van der Waals surface area contributed by atoms with Gasteiger partial charge < -0.3 is 18.9 Å². The molecule has 0 aliphatic carbocycles. The first-order valence-electron chi connectivity index (χ1n) is 13.5. The van der Waals surface area contributed by atoms with Crippen LogP contribution in [0.4, 0.5) is 0 Å². The molecule has 0 N–H and O–H groups in total. The smallest absolute Gasteiger partial charge is 0.322 e. The molecule has 1 aromatic rings. The van der Waals surface area contributed by atoms with Crippen LogP contribution in [-0.4, -0.2) is 76.4 Å². The number of pyridine rings is 1. The summed E-state index contributed by atoms with van der Waals surface area (Å²) in [4.78, 5) is 51.5. The average Bonchev–Trinajstić information content (AvgIpc) is 2.99. The molecular weight excluding hydrogens is 877 g/mol. The zero-order valence-electron chi connectivity index (χ0n) is 27.6. The van der Waals surface area contributed by atoms with Gasteiger partial charge in [0.05, 0.1) is 25.0 Å². The van der Waals surface area contributed by atoms with E-state index in [1.54, 1.807) is 69.3 Å². The molecule has 0 aliphatic heterocycles. The fraction of sp³-hybridized carbons (Fsp3) is 0.667. The van der Waals surface area contributed by atoms with E-state index < -0.39 is 31.4 Å². The number of thiol groups is 1. The van der Waals surface area contributed by atoms with Crippen LogP contribution >= 0.6 is 110 Å². The van der Waals surface area contributed by atoms with E-state index in [1.807, 2.05) is 18.2 Å². The van der Waals surface area contributed by atoms with Gasteiger partial charge in [0.15, 0.2) is 0 Å². The highest BCUT2D eigenvalue weighted by atomic mass is 79.9. The molecule has 6 atom stereocenters. The molecule has 1 heterocycles. The maximum absolute atomic E-state index is 12.3. The molecule has 1 rings (SSSR count). The minimum Gasteiger partial charge on any atom is -0.468 e. The lowest BCUT2D eigenvalue weighted by molar-refractivity contribution is -0.156. The molecule has 0 bridgehead atoms. The summed E-state index contributed by atoms with van der Waals surface area (Å²) in [6, 6.07) is 5.72. The first-order valence-corrected chi connectivity index (χ1v) is 25.3. The normalized spacial score (nSPS) is 13.3. The Bertz CT molecular complexity index is 1030. The number of carbonyl (C=O) groups is 4. The Morgan fingerprint density at radius 2 is 1.24 bits per heavy atom. The SMILES string of the molecule is COC(=O)C(C)(Br)CC(C)(C)C(=O)OCCS.COC(=O)C(C)(Br)CC(C)(C)C(=O)OCCSSc1ccccn1.PP.PPP. The molecule has 46 heavy (non-hydrogen) atoms. The topological polar surface area (TPSA) is 118 Å². The quantitative estimate of drug-likeness (QED) is 0.0349. The fourth-order valence-electron chi connectivity index (χ4n) is 3.57. The zero-order valence-corrected chi connectivity index (χ0v) is 38.9. The van der Waals surface area contributed by atoms with E-state index in [2.05, 4.69) is 89.9 Å². The van der Waals surface area contributed by atoms with Crippen molar-refractivity contribution in [2.45, 2.75) is 68.1 Å². The third kappa shape index (κ3) is 23.6. The molecule has 1 aromatic heterocycles. The number of aromatic nitrogens is 1. The van der Waals surface area contributed by atoms with E-state index in [0.717, 1.165) is 13.0 Å². The molecule has 0 aliphatic rings. The van der Waals surface area contributed by atoms with Gasteiger partial charge in [-0.25, -0.2) is 4.98 Å². The summed E-state index contributed by atoms with van der Waals surface area (Å²) in [5.74, 6) is -0.365. The number of esters is 4. The summed E-state index contributed by atoms with van der Waals surface area (Å²) in [7, 11) is 16.5. The van der Waals surface area contributed by atoms with Gasteiger partial charge >= 0.3 is 23.9 Å². The Kier molecular flexibility index (Phi) is 31.2. The van der Waals surface area contributed by atoms with Gasteiger partial charge in [-0.3, -0.25) is 19.2 Å². The molecule has 9 nitrogen and oxygen atoms in total. The van der Waals surface area contributed by atoms with Crippen molar-refractivity contribution >= 4 is 134 Å². The van der Waals surface area contributed by atoms with E-state index in [-0.39, 0.29) is 31.4 Å². The standard InChI is InChI=1S/C16H22BrNO4S2.C11H19BrO4S.H5P3.H4P2/c1-15(2,11-16(3,17)14(20)21-4)13(19)22-9-10-23-24-12-7-5-6-8-18-12;1-10(2,8(13)16-5-6-17)7-11(3,12)9(14)15-4;1-3-2;1-2/h5-8H,9-11H2,1-4H3;17H,5-7H2,1-4H3;3H,1-2H2;1-2H2. The van der Waals surface area contributed by atoms with Crippen molar-refractivity contribution in [2.75, 3.05) is 38.9 Å². The number of rotatable bonds is 15. The summed E-state index contributed by atoms with van der Waals surface area (Å²) in [6.45, 7) is 10.9. The highest BCUT2D eigenvalue weighted by molar-refractivity contribution is 9.10. The second kappa shape index (κ2) is 27.9. The summed E-state index contributed by atoms with van der Waals surface area (Å²) in [5, 5.41) is 0.919. The van der Waals surface area contributed by atoms with Gasteiger partial charge in [0.25, 0.3) is 0 Å². The van der Waals surface area contributed by atoms with Crippen LogP contribution in [-0.2, 0) is 38.1 Å². The molecule has 0 aromatic carbocycles. The van der Waals surface area contributed by atoms with Crippen molar-refractivity contribution in [3.8, 4) is 0 Å². The van der Waals surface area contributed by atoms with Crippen LogP contribution in [0, 0.1) is 10.8 Å². The van der Waals surface area contributed by atoms with Crippen molar-refractivity contribution in [2.24, 2.45) is 10.8 Å². The van der Waals surface area contributed by atoms with Crippen LogP contribution in [0.15, 0.2) is 29.4 Å². The number of alkyl halides is 2. The Labute approximate surface area is 316 Å². The van der Waals surface area contributed by atoms with Crippen molar-refractivity contribution in [3.63, 3.8) is 0 Å². The predicted octanol–water partition coefficient (Wildman–Crippen LogP) is 8.21. The highest BCUT2D eigenvalue weighted by Gasteiger charge is 2.43. The number of hydrogen-bond donors (Lipinski definition) is 1. The van der Waals surface area contributed by atoms with E-state index in [1.165, 1.54) is 14.2 Å². The lowest BCUT2D eigenvalue weighted by Gasteiger charge is -2.29. The average molecular weight is 928 g/mol. The Morgan fingerprint density at radius 1 is 0.826 bits per heavy atom. The Balaban J connectivity index is -0.000000736. The lowest BCUT2D eigenvalue weighted by atomic mass is 9.83. The second-order valence-electron chi connectivity index (χ2n) is 10.7. The Hall–Kier alpha value is 1.19. The molecule has 0 fully saturated rings. The monoisotopic (exact) mass is 925 g/mol. The number of hydrogen-bond acceptors (Lipinski definition) is 12. The largest absolute Gasteiger partial charge is 0.468 e. The molecule has 0 amide bonds. The molecule has 19 heteroatoms. The highest BCUT2D eigenvalue weighted by Crippen LogP contribution is 2.37. The third-order valence-electron chi connectivity index (χ3n) is 5.38. The zero-order chi connectivity index (χ0) is 36.6. The van der Waals surface area contributed by atoms with E-state index in [4.69, 9.17) is 14.2 Å². The lowest BCUT2D eigenvalue weighted by Crippen LogP contribution is -2.39. The number of ether oxygens (including phenoxy) is 4. The van der Waals surface area contributed by atoms with Crippen molar-refractivity contribution in [1.82, 2.24) is 4.98 Å². The van der Waals surface area contributed by atoms with Gasteiger partial charge in [0.2, 0.25) is 0 Å². The molecule has 0 saturated carbocycles. The van der Waals surface area contributed by atoms with E-state index >= 15 is 0 Å². The fourth-order valence-corrected chi connectivity index (χ4v) is 7.09. The van der Waals surface area contributed by atoms with Crippen molar-refractivity contribution in [3.05, 3.63) is 24.4 Å². The minimum atomic E-state index is -0.923. The van der Waals surface area contributed by atoms with E-state index in [9.17, 15) is 19.2 Å². The first-order chi connectivity index (χ1) is 21.3. The van der Waals surface area contributed by atoms with Gasteiger partial charge in [0, 0.05) is 17.7 Å². The second-order valence-corrected chi connectivity index (χ2v) is 21.5. The molecule has 6 unspecified atom stereocenters. The van der Waals surface area contributed by atoms with Gasteiger partial charge in [-0.15, -0.1) is 35.7 Å². The minimum absolute atomic E-state index is 0.266. The summed E-state index contributed by atoms with van der Waals surface area (Å²) in [6.07, 6.45) is 2.31. The maximum atomic E-state index is 12.3. The first kappa shape index (κ1) is 51.6. The van der Waals surface area contributed by atoms with Crippen LogP contribution in [0.5, 0.6) is 0 Å². The summed E-state index contributed by atoms with van der Waals surface area (Å²) >= 11 is 10.6. The van der Waals surface area contributed by atoms with Gasteiger partial charge in [-0.05, 0) is 77.3 Å². The van der Waals surface area contributed by atoms with Gasteiger partial charge in [-0.2, -0.15) is 12.6 Å². The molecule has 0 saturated heterocycles. The third-order valence-corrected chi connectivity index (χ3v) is 9.00. The number of carbonyl (C=O) groups excluding carboxylic acids is 4. The van der Waals surface area contributed by atoms with Crippen LogP contribution < -0.4 is 0 Å². The van der Waals surface area contributed by atoms with Crippen LogP contribution in [0.1, 0.15) is 54.4 Å². The number of methoxy groups -OCH3 is 2. The molecule has 0 radical (unpaired) electrons. The number of halogens is 2. The van der Waals surface area contributed by atoms with Crippen molar-refractivity contribution in [1.29, 1.82) is 0 Å². The Morgan fingerprint density at radius 3 is 1.59 bits per heavy atom. The summed E-state index contributed by atoms with van der Waals surface area (Å²) < 4.78 is 18.0. The summed E-state index contributed by atoms with van der Waals surface area (Å²) in [5.41, 5.74) is -1.57. The van der Waals surface area contributed by atoms with E-state index in [0.29, 0.717) is 18.1 Å². The number of nitrogens with zero attached hydrogens (tertiary/aromatic N) is 1. The predicted molar refractivity (Wildman–Crippen MR) is 221 cm³/mol. The molecular formula is C27H50Br2NO8P5S3. The van der Waals surface area contributed by atoms with Crippen LogP contribution in [0.25, 0.3) is 0 Å².